The van der Waals surface area contributed by atoms with Crippen LogP contribution in [-0.4, -0.2) is 16.9 Å². The number of aryl methyl sites for hydroxylation is 1. The number of furan rings is 1. The molecule has 3 aromatic carbocycles. The van der Waals surface area contributed by atoms with Crippen LogP contribution in [0.1, 0.15) is 26.5 Å². The van der Waals surface area contributed by atoms with Gasteiger partial charge < -0.3 is 15.1 Å². The van der Waals surface area contributed by atoms with E-state index in [1.54, 1.807) is 36.4 Å². The fraction of sp³-hybridized carbons (Fsp3) is 0.0417. The third-order valence-corrected chi connectivity index (χ3v) is 5.54. The fourth-order valence-corrected chi connectivity index (χ4v) is 3.87. The molecule has 1 heterocycles. The summed E-state index contributed by atoms with van der Waals surface area (Å²) in [4.78, 5) is 25.0. The zero-order valence-electron chi connectivity index (χ0n) is 17.2. The molecular weight excluding hydrogens is 481 g/mol. The Balaban J connectivity index is 1.40. The van der Waals surface area contributed by atoms with Crippen LogP contribution in [0.4, 0.5) is 11.4 Å². The van der Waals surface area contributed by atoms with Crippen LogP contribution in [0.5, 0.6) is 0 Å². The van der Waals surface area contributed by atoms with E-state index in [9.17, 15) is 9.59 Å². The number of hydrogen-bond donors (Lipinski definition) is 3. The molecule has 0 saturated carbocycles. The first-order valence-electron chi connectivity index (χ1n) is 9.78. The summed E-state index contributed by atoms with van der Waals surface area (Å²) in [6.45, 7) is 1.84. The lowest BCUT2D eigenvalue weighted by Gasteiger charge is -2.13. The first-order valence-corrected chi connectivity index (χ1v) is 10.9. The van der Waals surface area contributed by atoms with Crippen molar-refractivity contribution in [2.45, 2.75) is 6.92 Å². The average molecular weight is 498 g/mol. The SMILES string of the molecule is Cc1cc(NC(=S)NC(=O)c2ccc(Cl)cc2Cl)ccc1NC(=O)c1cc2ccccc2o1. The second-order valence-corrected chi connectivity index (χ2v) is 8.42. The van der Waals surface area contributed by atoms with Gasteiger partial charge in [-0.1, -0.05) is 41.4 Å². The van der Waals surface area contributed by atoms with E-state index in [1.807, 2.05) is 25.1 Å². The molecule has 0 fully saturated rings. The van der Waals surface area contributed by atoms with Gasteiger partial charge in [-0.25, -0.2) is 0 Å². The average Bonchev–Trinajstić information content (AvgIpc) is 3.20. The molecule has 3 N–H and O–H groups in total. The van der Waals surface area contributed by atoms with Crippen molar-refractivity contribution in [3.8, 4) is 0 Å². The Morgan fingerprint density at radius 1 is 0.909 bits per heavy atom. The molecule has 0 saturated heterocycles. The summed E-state index contributed by atoms with van der Waals surface area (Å²) in [5.41, 5.74) is 2.95. The van der Waals surface area contributed by atoms with Gasteiger partial charge in [-0.15, -0.1) is 0 Å². The van der Waals surface area contributed by atoms with Crippen LogP contribution < -0.4 is 16.0 Å². The highest BCUT2D eigenvalue weighted by Crippen LogP contribution is 2.24. The van der Waals surface area contributed by atoms with Gasteiger partial charge in [-0.05, 0) is 73.2 Å². The molecule has 0 aliphatic heterocycles. The number of halogens is 2. The Kier molecular flexibility index (Phi) is 6.65. The van der Waals surface area contributed by atoms with Gasteiger partial charge in [-0.2, -0.15) is 0 Å². The Hall–Kier alpha value is -3.39. The summed E-state index contributed by atoms with van der Waals surface area (Å²) >= 11 is 17.2. The molecule has 0 unspecified atom stereocenters. The molecule has 166 valence electrons. The zero-order chi connectivity index (χ0) is 23.5. The monoisotopic (exact) mass is 497 g/mol. The number of benzene rings is 3. The van der Waals surface area contributed by atoms with E-state index in [-0.39, 0.29) is 27.4 Å². The molecule has 6 nitrogen and oxygen atoms in total. The first kappa shape index (κ1) is 22.8. The van der Waals surface area contributed by atoms with Gasteiger partial charge in [0.15, 0.2) is 10.9 Å². The van der Waals surface area contributed by atoms with Crippen molar-refractivity contribution in [2.75, 3.05) is 10.6 Å². The van der Waals surface area contributed by atoms with Crippen molar-refractivity contribution >= 4 is 74.7 Å². The maximum Gasteiger partial charge on any atom is 0.291 e. The highest BCUT2D eigenvalue weighted by atomic mass is 35.5. The molecule has 0 aliphatic rings. The summed E-state index contributed by atoms with van der Waals surface area (Å²) < 4.78 is 5.61. The van der Waals surface area contributed by atoms with Crippen molar-refractivity contribution in [3.05, 3.63) is 93.7 Å². The molecule has 2 amide bonds. The lowest BCUT2D eigenvalue weighted by atomic mass is 10.1. The molecule has 33 heavy (non-hydrogen) atoms. The van der Waals surface area contributed by atoms with E-state index < -0.39 is 5.91 Å². The van der Waals surface area contributed by atoms with Gasteiger partial charge in [-0.3, -0.25) is 14.9 Å². The number of carbonyl (C=O) groups excluding carboxylic acids is 2. The molecule has 4 aromatic rings. The number of fused-ring (bicyclic) bond motifs is 1. The van der Waals surface area contributed by atoms with Crippen molar-refractivity contribution in [1.82, 2.24) is 5.32 Å². The van der Waals surface area contributed by atoms with E-state index in [4.69, 9.17) is 39.8 Å². The Morgan fingerprint density at radius 2 is 1.70 bits per heavy atom. The summed E-state index contributed by atoms with van der Waals surface area (Å²) in [7, 11) is 0. The topological polar surface area (TPSA) is 83.4 Å². The minimum atomic E-state index is -0.458. The number of amides is 2. The van der Waals surface area contributed by atoms with Crippen LogP contribution in [0.25, 0.3) is 11.0 Å². The van der Waals surface area contributed by atoms with E-state index in [0.29, 0.717) is 22.0 Å². The minimum absolute atomic E-state index is 0.101. The molecule has 1 aromatic heterocycles. The molecule has 0 atom stereocenters. The van der Waals surface area contributed by atoms with Crippen LogP contribution in [0.15, 0.2) is 71.1 Å². The second kappa shape index (κ2) is 9.62. The third kappa shape index (κ3) is 5.34. The summed E-state index contributed by atoms with van der Waals surface area (Å²) in [6, 6.07) is 18.9. The second-order valence-electron chi connectivity index (χ2n) is 7.16. The Bertz CT molecular complexity index is 1370. The van der Waals surface area contributed by atoms with E-state index >= 15 is 0 Å². The zero-order valence-corrected chi connectivity index (χ0v) is 19.6. The van der Waals surface area contributed by atoms with E-state index in [0.717, 1.165) is 10.9 Å². The first-order chi connectivity index (χ1) is 15.8. The number of hydrogen-bond acceptors (Lipinski definition) is 4. The van der Waals surface area contributed by atoms with Crippen LogP contribution in [0.2, 0.25) is 10.0 Å². The fourth-order valence-electron chi connectivity index (χ4n) is 3.17. The van der Waals surface area contributed by atoms with Gasteiger partial charge >= 0.3 is 0 Å². The maximum atomic E-state index is 12.6. The van der Waals surface area contributed by atoms with E-state index in [2.05, 4.69) is 16.0 Å². The van der Waals surface area contributed by atoms with Gasteiger partial charge in [0.25, 0.3) is 11.8 Å². The predicted molar refractivity (Wildman–Crippen MR) is 135 cm³/mol. The van der Waals surface area contributed by atoms with Gasteiger partial charge in [0, 0.05) is 21.8 Å². The number of thiocarbonyl (C=S) groups is 1. The third-order valence-electron chi connectivity index (χ3n) is 4.78. The van der Waals surface area contributed by atoms with Crippen LogP contribution in [0, 0.1) is 6.92 Å². The highest BCUT2D eigenvalue weighted by Gasteiger charge is 2.15. The van der Waals surface area contributed by atoms with Crippen molar-refractivity contribution in [3.63, 3.8) is 0 Å². The highest BCUT2D eigenvalue weighted by molar-refractivity contribution is 7.80. The summed E-state index contributed by atoms with van der Waals surface area (Å²) in [5, 5.41) is 9.98. The van der Waals surface area contributed by atoms with Crippen molar-refractivity contribution < 1.29 is 14.0 Å². The summed E-state index contributed by atoms with van der Waals surface area (Å²) in [5.74, 6) is -0.583. The van der Waals surface area contributed by atoms with Crippen molar-refractivity contribution in [2.24, 2.45) is 0 Å². The van der Waals surface area contributed by atoms with Crippen LogP contribution in [-0.2, 0) is 0 Å². The molecule has 0 bridgehead atoms. The number of rotatable bonds is 4. The minimum Gasteiger partial charge on any atom is -0.451 e. The number of carbonyl (C=O) groups is 2. The smallest absolute Gasteiger partial charge is 0.291 e. The van der Waals surface area contributed by atoms with Gasteiger partial charge in [0.2, 0.25) is 0 Å². The lowest BCUT2D eigenvalue weighted by molar-refractivity contribution is 0.0975. The maximum absolute atomic E-state index is 12.6. The van der Waals surface area contributed by atoms with Gasteiger partial charge in [0.05, 0.1) is 10.6 Å². The summed E-state index contributed by atoms with van der Waals surface area (Å²) in [6.07, 6.45) is 0. The molecular formula is C24H17Cl2N3O3S. The van der Waals surface area contributed by atoms with Gasteiger partial charge in [0.1, 0.15) is 5.58 Å². The standard InChI is InChI=1S/C24H17Cl2N3O3S/c1-13-10-16(27-24(33)29-22(30)17-8-6-15(25)12-18(17)26)7-9-19(13)28-23(31)21-11-14-4-2-3-5-20(14)32-21/h2-12H,1H3,(H,28,31)(H2,27,29,30,33). The Labute approximate surface area is 204 Å². The van der Waals surface area contributed by atoms with E-state index in [1.165, 1.54) is 12.1 Å². The lowest BCUT2D eigenvalue weighted by Crippen LogP contribution is -2.34. The predicted octanol–water partition coefficient (Wildman–Crippen LogP) is 6.43. The number of anilines is 2. The molecule has 4 rings (SSSR count). The molecule has 9 heteroatoms. The number of para-hydroxylation sites is 1. The Morgan fingerprint density at radius 3 is 2.42 bits per heavy atom. The quantitative estimate of drug-likeness (QED) is 0.283. The van der Waals surface area contributed by atoms with Crippen LogP contribution in [0.3, 0.4) is 0 Å². The largest absolute Gasteiger partial charge is 0.451 e. The normalized spacial score (nSPS) is 10.6. The molecule has 0 spiro atoms. The molecule has 0 aliphatic carbocycles. The van der Waals surface area contributed by atoms with Crippen LogP contribution >= 0.6 is 35.4 Å². The number of nitrogens with one attached hydrogen (secondary N) is 3. The molecule has 0 radical (unpaired) electrons. The van der Waals surface area contributed by atoms with Crippen molar-refractivity contribution in [1.29, 1.82) is 0 Å².